The molecule has 3 rings (SSSR count). The Morgan fingerprint density at radius 2 is 1.41 bits per heavy atom. The number of unbranched alkanes of at least 4 members (excludes halogenated alkanes) is 4. The molecule has 0 saturated heterocycles. The highest BCUT2D eigenvalue weighted by Crippen LogP contribution is 2.28. The van der Waals surface area contributed by atoms with E-state index in [0.29, 0.717) is 0 Å². The molecule has 0 bridgehead atoms. The first-order chi connectivity index (χ1) is 14.1. The number of carbonyl (C=O) groups is 1. The third-order valence-electron chi connectivity index (χ3n) is 5.69. The van der Waals surface area contributed by atoms with E-state index in [1.165, 1.54) is 31.2 Å². The first-order valence-electron chi connectivity index (χ1n) is 10.8. The average Bonchev–Trinajstić information content (AvgIpc) is 3.03. The molecule has 0 N–H and O–H groups in total. The molecule has 1 aromatic heterocycles. The summed E-state index contributed by atoms with van der Waals surface area (Å²) in [5.74, 6) is -0.340. The lowest BCUT2D eigenvalue weighted by Crippen LogP contribution is -2.23. The molecule has 29 heavy (non-hydrogen) atoms. The second-order valence-electron chi connectivity index (χ2n) is 7.82. The molecule has 0 unspecified atom stereocenters. The monoisotopic (exact) mass is 388 g/mol. The van der Waals surface area contributed by atoms with Crippen LogP contribution in [-0.2, 0) is 6.42 Å². The third kappa shape index (κ3) is 5.03. The molecule has 0 radical (unpaired) electrons. The van der Waals surface area contributed by atoms with Crippen LogP contribution < -0.4 is 0 Å². The molecule has 152 valence electrons. The summed E-state index contributed by atoms with van der Waals surface area (Å²) in [6.07, 6.45) is 7.23. The molecule has 3 aromatic rings. The van der Waals surface area contributed by atoms with Crippen LogP contribution in [0.4, 0.5) is 0 Å². The lowest BCUT2D eigenvalue weighted by atomic mass is 9.90. The average molecular weight is 389 g/mol. The van der Waals surface area contributed by atoms with Gasteiger partial charge in [-0.2, -0.15) is 5.10 Å². The standard InChI is InChI=1S/C26H32N2O/c1-4-5-6-7-14-19-24-20(2)27-28(21(24)3)26(29)25(22-15-10-8-11-16-22)23-17-12-9-13-18-23/h8-13,15-18,25H,4-7,14,19H2,1-3H3. The highest BCUT2D eigenvalue weighted by molar-refractivity contribution is 5.89. The van der Waals surface area contributed by atoms with Crippen molar-refractivity contribution in [3.63, 3.8) is 0 Å². The minimum atomic E-state index is -0.354. The van der Waals surface area contributed by atoms with E-state index in [0.717, 1.165) is 35.4 Å². The zero-order valence-electron chi connectivity index (χ0n) is 17.9. The van der Waals surface area contributed by atoms with Crippen molar-refractivity contribution in [2.45, 2.75) is 65.2 Å². The van der Waals surface area contributed by atoms with E-state index in [1.54, 1.807) is 4.68 Å². The number of aromatic nitrogens is 2. The van der Waals surface area contributed by atoms with Crippen LogP contribution in [0.25, 0.3) is 0 Å². The number of rotatable bonds is 9. The van der Waals surface area contributed by atoms with E-state index < -0.39 is 0 Å². The minimum Gasteiger partial charge on any atom is -0.271 e. The Hall–Kier alpha value is -2.68. The highest BCUT2D eigenvalue weighted by atomic mass is 16.2. The molecule has 3 heteroatoms. The van der Waals surface area contributed by atoms with Gasteiger partial charge in [0, 0.05) is 5.69 Å². The fraction of sp³-hybridized carbons (Fsp3) is 0.385. The van der Waals surface area contributed by atoms with Gasteiger partial charge in [-0.3, -0.25) is 4.79 Å². The zero-order chi connectivity index (χ0) is 20.6. The molecule has 0 fully saturated rings. The minimum absolute atomic E-state index is 0.0141. The van der Waals surface area contributed by atoms with Gasteiger partial charge in [0.05, 0.1) is 11.6 Å². The number of nitrogens with zero attached hydrogens (tertiary/aromatic N) is 2. The summed E-state index contributed by atoms with van der Waals surface area (Å²) in [6.45, 7) is 6.30. The largest absolute Gasteiger partial charge is 0.271 e. The number of carbonyl (C=O) groups excluding carboxylic acids is 1. The molecule has 0 saturated carbocycles. The number of hydrogen-bond donors (Lipinski definition) is 0. The number of benzene rings is 2. The molecule has 0 aliphatic rings. The molecule has 0 spiro atoms. The van der Waals surface area contributed by atoms with Crippen molar-refractivity contribution in [3.05, 3.63) is 88.7 Å². The Kier molecular flexibility index (Phi) is 7.40. The number of hydrogen-bond acceptors (Lipinski definition) is 2. The molecule has 0 atom stereocenters. The van der Waals surface area contributed by atoms with E-state index in [9.17, 15) is 4.79 Å². The summed E-state index contributed by atoms with van der Waals surface area (Å²) in [7, 11) is 0. The second-order valence-corrected chi connectivity index (χ2v) is 7.82. The smallest absolute Gasteiger partial charge is 0.259 e. The van der Waals surface area contributed by atoms with E-state index in [2.05, 4.69) is 12.0 Å². The van der Waals surface area contributed by atoms with Gasteiger partial charge in [-0.05, 0) is 43.4 Å². The molecular weight excluding hydrogens is 356 g/mol. The number of aryl methyl sites for hydroxylation is 1. The van der Waals surface area contributed by atoms with Crippen LogP contribution in [0.1, 0.15) is 77.8 Å². The van der Waals surface area contributed by atoms with E-state index in [1.807, 2.05) is 74.5 Å². The van der Waals surface area contributed by atoms with Crippen molar-refractivity contribution in [1.82, 2.24) is 9.78 Å². The predicted octanol–water partition coefficient (Wildman–Crippen LogP) is 6.49. The van der Waals surface area contributed by atoms with Crippen molar-refractivity contribution in [1.29, 1.82) is 0 Å². The van der Waals surface area contributed by atoms with Gasteiger partial charge in [-0.25, -0.2) is 4.68 Å². The first-order valence-corrected chi connectivity index (χ1v) is 10.8. The molecule has 0 aliphatic carbocycles. The molecular formula is C26H32N2O. The van der Waals surface area contributed by atoms with Gasteiger partial charge in [-0.1, -0.05) is 93.3 Å². The maximum atomic E-state index is 13.6. The Balaban J connectivity index is 1.88. The summed E-state index contributed by atoms with van der Waals surface area (Å²) < 4.78 is 1.64. The normalized spacial score (nSPS) is 11.2. The van der Waals surface area contributed by atoms with Crippen LogP contribution in [0.2, 0.25) is 0 Å². The summed E-state index contributed by atoms with van der Waals surface area (Å²) >= 11 is 0. The van der Waals surface area contributed by atoms with Crippen molar-refractivity contribution >= 4 is 5.91 Å². The lowest BCUT2D eigenvalue weighted by molar-refractivity contribution is 0.0874. The van der Waals surface area contributed by atoms with Gasteiger partial charge in [0.1, 0.15) is 0 Å². The topological polar surface area (TPSA) is 34.9 Å². The SMILES string of the molecule is CCCCCCCc1c(C)nn(C(=O)C(c2ccccc2)c2ccccc2)c1C. The second kappa shape index (κ2) is 10.2. The van der Waals surface area contributed by atoms with E-state index >= 15 is 0 Å². The van der Waals surface area contributed by atoms with Crippen LogP contribution in [0.15, 0.2) is 60.7 Å². The van der Waals surface area contributed by atoms with Crippen molar-refractivity contribution in [3.8, 4) is 0 Å². The Bertz CT molecular complexity index is 873. The van der Waals surface area contributed by atoms with Crippen molar-refractivity contribution in [2.75, 3.05) is 0 Å². The van der Waals surface area contributed by atoms with Gasteiger partial charge in [0.2, 0.25) is 0 Å². The molecule has 0 amide bonds. The van der Waals surface area contributed by atoms with Gasteiger partial charge >= 0.3 is 0 Å². The Morgan fingerprint density at radius 1 is 0.862 bits per heavy atom. The fourth-order valence-electron chi connectivity index (χ4n) is 4.05. The van der Waals surface area contributed by atoms with Crippen LogP contribution >= 0.6 is 0 Å². The van der Waals surface area contributed by atoms with Crippen molar-refractivity contribution in [2.24, 2.45) is 0 Å². The maximum Gasteiger partial charge on any atom is 0.259 e. The molecule has 0 aliphatic heterocycles. The summed E-state index contributed by atoms with van der Waals surface area (Å²) in [6, 6.07) is 20.0. The van der Waals surface area contributed by atoms with Gasteiger partial charge in [0.15, 0.2) is 0 Å². The molecule has 2 aromatic carbocycles. The summed E-state index contributed by atoms with van der Waals surface area (Å²) in [5.41, 5.74) is 5.19. The lowest BCUT2D eigenvalue weighted by Gasteiger charge is -2.17. The fourth-order valence-corrected chi connectivity index (χ4v) is 4.05. The van der Waals surface area contributed by atoms with E-state index in [-0.39, 0.29) is 11.8 Å². The van der Waals surface area contributed by atoms with Crippen LogP contribution in [0.3, 0.4) is 0 Å². The van der Waals surface area contributed by atoms with Gasteiger partial charge in [0.25, 0.3) is 5.91 Å². The van der Waals surface area contributed by atoms with Crippen LogP contribution in [0.5, 0.6) is 0 Å². The van der Waals surface area contributed by atoms with E-state index in [4.69, 9.17) is 0 Å². The van der Waals surface area contributed by atoms with Gasteiger partial charge < -0.3 is 0 Å². The summed E-state index contributed by atoms with van der Waals surface area (Å²) in [4.78, 5) is 13.6. The highest BCUT2D eigenvalue weighted by Gasteiger charge is 2.27. The maximum absolute atomic E-state index is 13.6. The van der Waals surface area contributed by atoms with Gasteiger partial charge in [-0.15, -0.1) is 0 Å². The predicted molar refractivity (Wildman–Crippen MR) is 120 cm³/mol. The Morgan fingerprint density at radius 3 is 1.97 bits per heavy atom. The quantitative estimate of drug-likeness (QED) is 0.393. The zero-order valence-corrected chi connectivity index (χ0v) is 17.9. The Labute approximate surface area is 174 Å². The molecule has 3 nitrogen and oxygen atoms in total. The van der Waals surface area contributed by atoms with Crippen molar-refractivity contribution < 1.29 is 4.79 Å². The van der Waals surface area contributed by atoms with Crippen LogP contribution in [-0.4, -0.2) is 15.7 Å². The van der Waals surface area contributed by atoms with Crippen LogP contribution in [0, 0.1) is 13.8 Å². The molecule has 1 heterocycles. The first kappa shape index (κ1) is 21.0. The third-order valence-corrected chi connectivity index (χ3v) is 5.69. The summed E-state index contributed by atoms with van der Waals surface area (Å²) in [5, 5.41) is 4.66.